The summed E-state index contributed by atoms with van der Waals surface area (Å²) in [5, 5.41) is 3.23. The van der Waals surface area contributed by atoms with Gasteiger partial charge in [-0.2, -0.15) is 0 Å². The number of ketones is 1. The normalized spacial score (nSPS) is 14.3. The number of furan rings is 1. The van der Waals surface area contributed by atoms with Gasteiger partial charge in [0.15, 0.2) is 11.5 Å². The molecule has 2 heterocycles. The first-order valence-corrected chi connectivity index (χ1v) is 10.7. The predicted molar refractivity (Wildman–Crippen MR) is 117 cm³/mol. The van der Waals surface area contributed by atoms with Crippen LogP contribution in [0.5, 0.6) is 0 Å². The highest BCUT2D eigenvalue weighted by Gasteiger charge is 2.24. The number of hydrogen-bond acceptors (Lipinski definition) is 6. The van der Waals surface area contributed by atoms with Crippen LogP contribution in [0.3, 0.4) is 0 Å². The zero-order chi connectivity index (χ0) is 19.7. The highest BCUT2D eigenvalue weighted by Crippen LogP contribution is 2.36. The van der Waals surface area contributed by atoms with E-state index in [4.69, 9.17) is 4.42 Å². The highest BCUT2D eigenvalue weighted by atomic mass is 32.2. The van der Waals surface area contributed by atoms with Crippen molar-refractivity contribution in [1.82, 2.24) is 0 Å². The molecule has 1 amide bonds. The zero-order valence-corrected chi connectivity index (χ0v) is 17.0. The lowest BCUT2D eigenvalue weighted by molar-refractivity contribution is -0.115. The molecule has 0 aliphatic carbocycles. The largest absolute Gasteiger partial charge is 0.451 e. The molecule has 2 aromatic carbocycles. The molecule has 0 saturated heterocycles. The lowest BCUT2D eigenvalue weighted by Crippen LogP contribution is -2.24. The third-order valence-corrected chi connectivity index (χ3v) is 6.66. The van der Waals surface area contributed by atoms with Crippen molar-refractivity contribution in [2.45, 2.75) is 24.9 Å². The number of nitrogens with zero attached hydrogens (tertiary/aromatic N) is 1. The molecule has 1 aliphatic rings. The molecule has 1 aromatic heterocycles. The first kappa shape index (κ1) is 18.8. The fourth-order valence-electron chi connectivity index (χ4n) is 2.92. The predicted octanol–water partition coefficient (Wildman–Crippen LogP) is 5.63. The molecule has 28 heavy (non-hydrogen) atoms. The summed E-state index contributed by atoms with van der Waals surface area (Å²) >= 11 is 3.05. The van der Waals surface area contributed by atoms with E-state index in [1.54, 1.807) is 17.8 Å². The van der Waals surface area contributed by atoms with Crippen molar-refractivity contribution in [2.75, 3.05) is 5.32 Å². The van der Waals surface area contributed by atoms with Crippen LogP contribution in [0.4, 0.5) is 11.4 Å². The Hall–Kier alpha value is -2.51. The molecule has 142 valence electrons. The fraction of sp³-hybridized carbons (Fsp3) is 0.190. The molecule has 0 radical (unpaired) electrons. The fourth-order valence-corrected chi connectivity index (χ4v) is 5.11. The van der Waals surface area contributed by atoms with Crippen LogP contribution in [0, 0.1) is 0 Å². The zero-order valence-electron chi connectivity index (χ0n) is 15.4. The molecule has 7 heteroatoms. The SMILES string of the molecule is CC(=O)c1oc2ccccc2c1NC(=O)C(C)SC1=Nc2ccccc2CS1. The maximum absolute atomic E-state index is 12.8. The second-order valence-electron chi connectivity index (χ2n) is 6.40. The summed E-state index contributed by atoms with van der Waals surface area (Å²) in [6, 6.07) is 15.3. The number of anilines is 1. The van der Waals surface area contributed by atoms with E-state index in [0.717, 1.165) is 21.2 Å². The van der Waals surface area contributed by atoms with Gasteiger partial charge in [0.2, 0.25) is 5.91 Å². The van der Waals surface area contributed by atoms with Crippen molar-refractivity contribution in [3.8, 4) is 0 Å². The quantitative estimate of drug-likeness (QED) is 0.564. The number of thioether (sulfide) groups is 2. The number of carbonyl (C=O) groups excluding carboxylic acids is 2. The van der Waals surface area contributed by atoms with Gasteiger partial charge in [-0.15, -0.1) is 0 Å². The maximum atomic E-state index is 12.8. The van der Waals surface area contributed by atoms with Crippen LogP contribution in [-0.2, 0) is 10.5 Å². The topological polar surface area (TPSA) is 71.7 Å². The van der Waals surface area contributed by atoms with Crippen LogP contribution in [0.15, 0.2) is 57.9 Å². The minimum atomic E-state index is -0.370. The van der Waals surface area contributed by atoms with Crippen LogP contribution in [-0.4, -0.2) is 21.3 Å². The molecule has 3 aromatic rings. The first-order chi connectivity index (χ1) is 13.5. The Morgan fingerprint density at radius 2 is 1.93 bits per heavy atom. The monoisotopic (exact) mass is 410 g/mol. The van der Waals surface area contributed by atoms with Gasteiger partial charge in [0.1, 0.15) is 9.96 Å². The van der Waals surface area contributed by atoms with E-state index in [0.29, 0.717) is 11.3 Å². The van der Waals surface area contributed by atoms with Crippen molar-refractivity contribution in [3.63, 3.8) is 0 Å². The van der Waals surface area contributed by atoms with Gasteiger partial charge in [0.25, 0.3) is 0 Å². The Balaban J connectivity index is 1.53. The van der Waals surface area contributed by atoms with Gasteiger partial charge in [-0.05, 0) is 30.7 Å². The van der Waals surface area contributed by atoms with Gasteiger partial charge in [-0.1, -0.05) is 53.9 Å². The van der Waals surface area contributed by atoms with Crippen LogP contribution < -0.4 is 5.32 Å². The number of fused-ring (bicyclic) bond motifs is 2. The van der Waals surface area contributed by atoms with Crippen LogP contribution in [0.2, 0.25) is 0 Å². The van der Waals surface area contributed by atoms with Crippen molar-refractivity contribution >= 4 is 61.9 Å². The number of hydrogen-bond donors (Lipinski definition) is 1. The Kier molecular flexibility index (Phi) is 5.28. The first-order valence-electron chi connectivity index (χ1n) is 8.82. The summed E-state index contributed by atoms with van der Waals surface area (Å²) in [6.45, 7) is 3.26. The van der Waals surface area contributed by atoms with Gasteiger partial charge < -0.3 is 9.73 Å². The van der Waals surface area contributed by atoms with Gasteiger partial charge in [0, 0.05) is 18.1 Å². The number of Topliss-reactive ketones (excluding diaryl/α,β-unsaturated/α-hetero) is 1. The number of nitrogens with one attached hydrogen (secondary N) is 1. The third kappa shape index (κ3) is 3.72. The van der Waals surface area contributed by atoms with E-state index in [-0.39, 0.29) is 22.7 Å². The summed E-state index contributed by atoms with van der Waals surface area (Å²) < 4.78 is 6.50. The molecule has 1 unspecified atom stereocenters. The Morgan fingerprint density at radius 1 is 1.18 bits per heavy atom. The summed E-state index contributed by atoms with van der Waals surface area (Å²) in [6.07, 6.45) is 0. The van der Waals surface area contributed by atoms with Crippen LogP contribution in [0.1, 0.15) is 30.0 Å². The van der Waals surface area contributed by atoms with Crippen molar-refractivity contribution in [3.05, 3.63) is 59.9 Å². The molecular formula is C21H18N2O3S2. The Bertz CT molecular complexity index is 1100. The second kappa shape index (κ2) is 7.85. The molecule has 5 nitrogen and oxygen atoms in total. The number of para-hydroxylation sites is 2. The van der Waals surface area contributed by atoms with E-state index < -0.39 is 0 Å². The lowest BCUT2D eigenvalue weighted by Gasteiger charge is -2.17. The smallest absolute Gasteiger partial charge is 0.237 e. The van der Waals surface area contributed by atoms with E-state index in [2.05, 4.69) is 16.4 Å². The minimum Gasteiger partial charge on any atom is -0.451 e. The average molecular weight is 411 g/mol. The number of carbonyl (C=O) groups is 2. The second-order valence-corrected chi connectivity index (χ2v) is 8.95. The van der Waals surface area contributed by atoms with E-state index >= 15 is 0 Å². The molecule has 0 bridgehead atoms. The molecule has 1 N–H and O–H groups in total. The van der Waals surface area contributed by atoms with Crippen molar-refractivity contribution in [2.24, 2.45) is 4.99 Å². The summed E-state index contributed by atoms with van der Waals surface area (Å²) in [5.41, 5.74) is 3.16. The lowest BCUT2D eigenvalue weighted by atomic mass is 10.2. The highest BCUT2D eigenvalue weighted by molar-refractivity contribution is 8.39. The van der Waals surface area contributed by atoms with Gasteiger partial charge >= 0.3 is 0 Å². The summed E-state index contributed by atoms with van der Waals surface area (Å²) in [5.74, 6) is 0.596. The minimum absolute atomic E-state index is 0.171. The standard InChI is InChI=1S/C21H18N2O3S2/c1-12(24)19-18(15-8-4-6-10-17(15)26-19)23-20(25)13(2)28-21-22-16-9-5-3-7-14(16)11-27-21/h3-10,13H,11H2,1-2H3,(H,23,25). The van der Waals surface area contributed by atoms with E-state index in [1.165, 1.54) is 24.2 Å². The Labute approximate surface area is 171 Å². The number of aliphatic imine (C=N–C) groups is 1. The van der Waals surface area contributed by atoms with Gasteiger partial charge in [-0.25, -0.2) is 4.99 Å². The molecule has 1 aliphatic heterocycles. The van der Waals surface area contributed by atoms with Crippen LogP contribution in [0.25, 0.3) is 11.0 Å². The van der Waals surface area contributed by atoms with E-state index in [9.17, 15) is 9.59 Å². The summed E-state index contributed by atoms with van der Waals surface area (Å²) in [7, 11) is 0. The van der Waals surface area contributed by atoms with Crippen molar-refractivity contribution < 1.29 is 14.0 Å². The number of rotatable bonds is 4. The number of amides is 1. The molecule has 0 saturated carbocycles. The van der Waals surface area contributed by atoms with Crippen LogP contribution >= 0.6 is 23.5 Å². The molecule has 0 fully saturated rings. The van der Waals surface area contributed by atoms with Gasteiger partial charge in [0.05, 0.1) is 16.6 Å². The molecular weight excluding hydrogens is 392 g/mol. The average Bonchev–Trinajstić information content (AvgIpc) is 3.07. The molecule has 0 spiro atoms. The number of benzene rings is 2. The summed E-state index contributed by atoms with van der Waals surface area (Å²) in [4.78, 5) is 29.4. The van der Waals surface area contributed by atoms with Crippen molar-refractivity contribution in [1.29, 1.82) is 0 Å². The molecule has 1 atom stereocenters. The third-order valence-electron chi connectivity index (χ3n) is 4.36. The van der Waals surface area contributed by atoms with Gasteiger partial charge in [-0.3, -0.25) is 9.59 Å². The van der Waals surface area contributed by atoms with E-state index in [1.807, 2.05) is 43.3 Å². The Morgan fingerprint density at radius 3 is 2.75 bits per heavy atom. The maximum Gasteiger partial charge on any atom is 0.237 e. The molecule has 4 rings (SSSR count).